The molecule has 0 radical (unpaired) electrons. The molecule has 5 nitrogen and oxygen atoms in total. The highest BCUT2D eigenvalue weighted by atomic mass is 35.5. The summed E-state index contributed by atoms with van der Waals surface area (Å²) in [7, 11) is 1.62. The Kier molecular flexibility index (Phi) is 6.60. The van der Waals surface area contributed by atoms with E-state index in [2.05, 4.69) is 21.5 Å². The van der Waals surface area contributed by atoms with Gasteiger partial charge in [-0.1, -0.05) is 17.7 Å². The molecule has 8 heteroatoms. The lowest BCUT2D eigenvalue weighted by molar-refractivity contribution is 0.415. The van der Waals surface area contributed by atoms with Gasteiger partial charge in [0.05, 0.1) is 7.11 Å². The molecule has 0 saturated heterocycles. The Morgan fingerprint density at radius 2 is 1.46 bits per heavy atom. The molecule has 0 saturated carbocycles. The standard InChI is InChI=1S/C16H17ClN4OS2/c1-10-3-4-12(9-14(10)17)19-16(24)21-20-15(23)18-11-5-7-13(22-2)8-6-11/h3-9H,1-2H3,(H2,18,20,23)(H2,19,21,24). The number of hydrazine groups is 1. The third-order valence-corrected chi connectivity index (χ3v) is 3.88. The van der Waals surface area contributed by atoms with Crippen molar-refractivity contribution < 1.29 is 4.74 Å². The van der Waals surface area contributed by atoms with Crippen molar-refractivity contribution in [3.05, 3.63) is 53.1 Å². The molecule has 0 fully saturated rings. The first-order chi connectivity index (χ1) is 11.5. The van der Waals surface area contributed by atoms with Crippen LogP contribution in [0.5, 0.6) is 5.75 Å². The molecule has 0 unspecified atom stereocenters. The molecule has 0 amide bonds. The summed E-state index contributed by atoms with van der Waals surface area (Å²) in [5, 5.41) is 7.46. The normalized spacial score (nSPS) is 9.79. The van der Waals surface area contributed by atoms with Crippen LogP contribution in [0.2, 0.25) is 5.02 Å². The van der Waals surface area contributed by atoms with Crippen LogP contribution in [0.15, 0.2) is 42.5 Å². The SMILES string of the molecule is COc1ccc(NC(=S)NNC(=S)Nc2ccc(C)c(Cl)c2)cc1. The van der Waals surface area contributed by atoms with Crippen LogP contribution >= 0.6 is 36.0 Å². The van der Waals surface area contributed by atoms with E-state index in [4.69, 9.17) is 40.8 Å². The zero-order valence-electron chi connectivity index (χ0n) is 13.1. The van der Waals surface area contributed by atoms with Crippen LogP contribution in [-0.2, 0) is 0 Å². The van der Waals surface area contributed by atoms with Crippen molar-refractivity contribution in [1.82, 2.24) is 10.9 Å². The van der Waals surface area contributed by atoms with Crippen LogP contribution in [0.1, 0.15) is 5.56 Å². The summed E-state index contributed by atoms with van der Waals surface area (Å²) < 4.78 is 5.10. The monoisotopic (exact) mass is 380 g/mol. The van der Waals surface area contributed by atoms with Gasteiger partial charge in [0.25, 0.3) is 0 Å². The molecular formula is C16H17ClN4OS2. The summed E-state index contributed by atoms with van der Waals surface area (Å²) in [5.41, 5.74) is 8.24. The second-order valence-corrected chi connectivity index (χ2v) is 6.07. The predicted octanol–water partition coefficient (Wildman–Crippen LogP) is 3.85. The smallest absolute Gasteiger partial charge is 0.189 e. The second kappa shape index (κ2) is 8.68. The summed E-state index contributed by atoms with van der Waals surface area (Å²) in [6.07, 6.45) is 0. The second-order valence-electron chi connectivity index (χ2n) is 4.85. The van der Waals surface area contributed by atoms with Crippen LogP contribution in [0.4, 0.5) is 11.4 Å². The summed E-state index contributed by atoms with van der Waals surface area (Å²) in [5.74, 6) is 0.777. The number of aryl methyl sites for hydroxylation is 1. The van der Waals surface area contributed by atoms with E-state index in [1.807, 2.05) is 43.3 Å². The number of nitrogens with one attached hydrogen (secondary N) is 4. The van der Waals surface area contributed by atoms with E-state index in [1.165, 1.54) is 0 Å². The summed E-state index contributed by atoms with van der Waals surface area (Å²) in [4.78, 5) is 0. The van der Waals surface area contributed by atoms with Crippen molar-refractivity contribution in [3.8, 4) is 5.75 Å². The molecule has 126 valence electrons. The van der Waals surface area contributed by atoms with E-state index in [0.29, 0.717) is 15.2 Å². The van der Waals surface area contributed by atoms with Crippen LogP contribution < -0.4 is 26.2 Å². The Labute approximate surface area is 156 Å². The van der Waals surface area contributed by atoms with Crippen LogP contribution in [0.25, 0.3) is 0 Å². The van der Waals surface area contributed by atoms with Crippen molar-refractivity contribution >= 4 is 57.6 Å². The molecule has 2 rings (SSSR count). The largest absolute Gasteiger partial charge is 0.497 e. The topological polar surface area (TPSA) is 57.4 Å². The van der Waals surface area contributed by atoms with E-state index in [1.54, 1.807) is 13.2 Å². The number of thiocarbonyl (C=S) groups is 2. The number of benzene rings is 2. The van der Waals surface area contributed by atoms with Gasteiger partial charge in [0.1, 0.15) is 5.75 Å². The molecule has 2 aromatic carbocycles. The Hall–Kier alpha value is -2.09. The summed E-state index contributed by atoms with van der Waals surface area (Å²) in [6.45, 7) is 1.94. The van der Waals surface area contributed by atoms with Crippen molar-refractivity contribution in [2.24, 2.45) is 0 Å². The van der Waals surface area contributed by atoms with Gasteiger partial charge in [0.15, 0.2) is 10.2 Å². The van der Waals surface area contributed by atoms with Gasteiger partial charge in [-0.25, -0.2) is 0 Å². The minimum absolute atomic E-state index is 0.369. The Morgan fingerprint density at radius 1 is 0.917 bits per heavy atom. The fourth-order valence-electron chi connectivity index (χ4n) is 1.78. The first-order valence-electron chi connectivity index (χ1n) is 7.02. The fraction of sp³-hybridized carbons (Fsp3) is 0.125. The number of anilines is 2. The van der Waals surface area contributed by atoms with E-state index in [9.17, 15) is 0 Å². The molecule has 0 spiro atoms. The third-order valence-electron chi connectivity index (χ3n) is 3.07. The molecular weight excluding hydrogens is 364 g/mol. The number of hydrogen-bond donors (Lipinski definition) is 4. The number of rotatable bonds is 3. The maximum Gasteiger partial charge on any atom is 0.189 e. The Bertz CT molecular complexity index is 737. The Morgan fingerprint density at radius 3 is 2.00 bits per heavy atom. The minimum atomic E-state index is 0.369. The molecule has 0 aliphatic rings. The fourth-order valence-corrected chi connectivity index (χ4v) is 2.30. The highest BCUT2D eigenvalue weighted by Gasteiger charge is 2.02. The summed E-state index contributed by atoms with van der Waals surface area (Å²) in [6, 6.07) is 13.0. The molecule has 0 aliphatic carbocycles. The van der Waals surface area contributed by atoms with Crippen molar-refractivity contribution in [2.45, 2.75) is 6.92 Å². The predicted molar refractivity (Wildman–Crippen MR) is 108 cm³/mol. The first-order valence-corrected chi connectivity index (χ1v) is 8.21. The van der Waals surface area contributed by atoms with E-state index in [0.717, 1.165) is 22.7 Å². The van der Waals surface area contributed by atoms with Gasteiger partial charge in [-0.05, 0) is 73.3 Å². The quantitative estimate of drug-likeness (QED) is 0.476. The molecule has 0 heterocycles. The number of hydrogen-bond acceptors (Lipinski definition) is 3. The van der Waals surface area contributed by atoms with E-state index in [-0.39, 0.29) is 0 Å². The maximum absolute atomic E-state index is 6.08. The minimum Gasteiger partial charge on any atom is -0.497 e. The van der Waals surface area contributed by atoms with Crippen molar-refractivity contribution in [2.75, 3.05) is 17.7 Å². The highest BCUT2D eigenvalue weighted by Crippen LogP contribution is 2.19. The van der Waals surface area contributed by atoms with Crippen molar-refractivity contribution in [1.29, 1.82) is 0 Å². The zero-order chi connectivity index (χ0) is 17.5. The van der Waals surface area contributed by atoms with Crippen LogP contribution in [0, 0.1) is 6.92 Å². The van der Waals surface area contributed by atoms with Gasteiger partial charge in [-0.3, -0.25) is 10.9 Å². The van der Waals surface area contributed by atoms with E-state index < -0.39 is 0 Å². The van der Waals surface area contributed by atoms with Gasteiger partial charge < -0.3 is 15.4 Å². The Balaban J connectivity index is 1.79. The molecule has 0 aliphatic heterocycles. The molecule has 4 N–H and O–H groups in total. The third kappa shape index (κ3) is 5.52. The zero-order valence-corrected chi connectivity index (χ0v) is 15.5. The lowest BCUT2D eigenvalue weighted by atomic mass is 10.2. The summed E-state index contributed by atoms with van der Waals surface area (Å²) >= 11 is 16.5. The number of methoxy groups -OCH3 is 1. The van der Waals surface area contributed by atoms with Crippen LogP contribution in [-0.4, -0.2) is 17.3 Å². The average molecular weight is 381 g/mol. The lowest BCUT2D eigenvalue weighted by Crippen LogP contribution is -2.45. The van der Waals surface area contributed by atoms with Gasteiger partial charge in [-0.15, -0.1) is 0 Å². The van der Waals surface area contributed by atoms with Gasteiger partial charge in [0.2, 0.25) is 0 Å². The van der Waals surface area contributed by atoms with Crippen LogP contribution in [0.3, 0.4) is 0 Å². The first kappa shape index (κ1) is 18.3. The number of halogens is 1. The lowest BCUT2D eigenvalue weighted by Gasteiger charge is -2.15. The average Bonchev–Trinajstić information content (AvgIpc) is 2.57. The molecule has 0 aromatic heterocycles. The molecule has 0 atom stereocenters. The van der Waals surface area contributed by atoms with Gasteiger partial charge >= 0.3 is 0 Å². The number of ether oxygens (including phenoxy) is 1. The molecule has 24 heavy (non-hydrogen) atoms. The maximum atomic E-state index is 6.08. The van der Waals surface area contributed by atoms with Crippen molar-refractivity contribution in [3.63, 3.8) is 0 Å². The highest BCUT2D eigenvalue weighted by molar-refractivity contribution is 7.81. The van der Waals surface area contributed by atoms with E-state index >= 15 is 0 Å². The van der Waals surface area contributed by atoms with Gasteiger partial charge in [-0.2, -0.15) is 0 Å². The molecule has 0 bridgehead atoms. The van der Waals surface area contributed by atoms with Gasteiger partial charge in [0, 0.05) is 16.4 Å². The molecule has 2 aromatic rings.